The molecule has 1 heterocycles. The van der Waals surface area contributed by atoms with Crippen molar-refractivity contribution >= 4 is 31.6 Å². The number of nitrogens with zero attached hydrogens (tertiary/aromatic N) is 1. The molecule has 1 aromatic carbocycles. The van der Waals surface area contributed by atoms with Gasteiger partial charge >= 0.3 is 0 Å². The molecular formula is C15H14BrNO4S. The molecule has 0 saturated heterocycles. The SMILES string of the molecule is CS(=O)(=O)Cc1cc(Br)ccc1C(=O)c1cnoc1C1CC1. The van der Waals surface area contributed by atoms with Crippen molar-refractivity contribution in [2.75, 3.05) is 6.26 Å². The van der Waals surface area contributed by atoms with Crippen molar-refractivity contribution in [2.24, 2.45) is 0 Å². The van der Waals surface area contributed by atoms with Crippen molar-refractivity contribution < 1.29 is 17.7 Å². The van der Waals surface area contributed by atoms with Gasteiger partial charge in [0, 0.05) is 22.2 Å². The van der Waals surface area contributed by atoms with Gasteiger partial charge in [0.2, 0.25) is 0 Å². The van der Waals surface area contributed by atoms with Crippen molar-refractivity contribution in [3.63, 3.8) is 0 Å². The molecule has 1 saturated carbocycles. The van der Waals surface area contributed by atoms with E-state index in [0.717, 1.165) is 23.6 Å². The molecule has 1 aliphatic carbocycles. The lowest BCUT2D eigenvalue weighted by molar-refractivity contribution is 0.103. The smallest absolute Gasteiger partial charge is 0.198 e. The molecule has 5 nitrogen and oxygen atoms in total. The number of halogens is 1. The third-order valence-electron chi connectivity index (χ3n) is 3.52. The highest BCUT2D eigenvalue weighted by Crippen LogP contribution is 2.42. The van der Waals surface area contributed by atoms with Gasteiger partial charge in [-0.1, -0.05) is 21.1 Å². The van der Waals surface area contributed by atoms with Crippen LogP contribution in [0.5, 0.6) is 0 Å². The summed E-state index contributed by atoms with van der Waals surface area (Å²) in [5, 5.41) is 3.73. The van der Waals surface area contributed by atoms with E-state index in [1.165, 1.54) is 6.20 Å². The molecule has 2 aromatic rings. The second-order valence-corrected chi connectivity index (χ2v) is 8.63. The molecule has 0 aliphatic heterocycles. The molecule has 1 fully saturated rings. The van der Waals surface area contributed by atoms with Crippen LogP contribution in [0.25, 0.3) is 0 Å². The number of aromatic nitrogens is 1. The first-order valence-corrected chi connectivity index (χ1v) is 9.66. The lowest BCUT2D eigenvalue weighted by atomic mass is 9.99. The third-order valence-corrected chi connectivity index (χ3v) is 4.85. The fourth-order valence-electron chi connectivity index (χ4n) is 2.39. The van der Waals surface area contributed by atoms with E-state index in [0.29, 0.717) is 22.5 Å². The Balaban J connectivity index is 2.03. The molecule has 0 unspecified atom stereocenters. The summed E-state index contributed by atoms with van der Waals surface area (Å²) >= 11 is 3.31. The Morgan fingerprint density at radius 2 is 2.09 bits per heavy atom. The van der Waals surface area contributed by atoms with Crippen LogP contribution in [0.15, 0.2) is 33.4 Å². The standard InChI is InChI=1S/C15H14BrNO4S/c1-22(19,20)8-10-6-11(16)4-5-12(10)14(18)13-7-17-21-15(13)9-2-3-9/h4-7,9H,2-3,8H2,1H3. The number of carbonyl (C=O) groups is 1. The number of carbonyl (C=O) groups excluding carboxylic acids is 1. The Labute approximate surface area is 136 Å². The fourth-order valence-corrected chi connectivity index (χ4v) is 3.60. The van der Waals surface area contributed by atoms with E-state index in [1.54, 1.807) is 18.2 Å². The van der Waals surface area contributed by atoms with Crippen LogP contribution in [0.2, 0.25) is 0 Å². The van der Waals surface area contributed by atoms with Gasteiger partial charge in [0.1, 0.15) is 0 Å². The van der Waals surface area contributed by atoms with Crippen molar-refractivity contribution in [1.82, 2.24) is 5.16 Å². The maximum absolute atomic E-state index is 12.8. The number of benzene rings is 1. The molecule has 0 bridgehead atoms. The highest BCUT2D eigenvalue weighted by Gasteiger charge is 2.33. The molecule has 116 valence electrons. The normalized spacial score (nSPS) is 15.0. The van der Waals surface area contributed by atoms with Gasteiger partial charge in [-0.15, -0.1) is 0 Å². The first kappa shape index (κ1) is 15.4. The Morgan fingerprint density at radius 1 is 1.36 bits per heavy atom. The van der Waals surface area contributed by atoms with Crippen LogP contribution in [0, 0.1) is 0 Å². The Morgan fingerprint density at radius 3 is 2.73 bits per heavy atom. The summed E-state index contributed by atoms with van der Waals surface area (Å²) in [7, 11) is -3.24. The van der Waals surface area contributed by atoms with Gasteiger partial charge in [-0.05, 0) is 36.6 Å². The second-order valence-electron chi connectivity index (χ2n) is 5.58. The molecule has 7 heteroatoms. The van der Waals surface area contributed by atoms with Crippen molar-refractivity contribution in [2.45, 2.75) is 24.5 Å². The fraction of sp³-hybridized carbons (Fsp3) is 0.333. The molecule has 0 atom stereocenters. The van der Waals surface area contributed by atoms with E-state index >= 15 is 0 Å². The zero-order valence-electron chi connectivity index (χ0n) is 11.9. The monoisotopic (exact) mass is 383 g/mol. The molecule has 22 heavy (non-hydrogen) atoms. The molecule has 1 aromatic heterocycles. The summed E-state index contributed by atoms with van der Waals surface area (Å²) in [5.74, 6) is 0.445. The Hall–Kier alpha value is -1.47. The van der Waals surface area contributed by atoms with Gasteiger partial charge < -0.3 is 4.52 Å². The van der Waals surface area contributed by atoms with Crippen molar-refractivity contribution in [3.05, 3.63) is 51.3 Å². The minimum absolute atomic E-state index is 0.183. The first-order valence-electron chi connectivity index (χ1n) is 6.80. The molecule has 0 amide bonds. The number of sulfone groups is 1. The molecule has 1 aliphatic rings. The number of hydrogen-bond donors (Lipinski definition) is 0. The average molecular weight is 384 g/mol. The van der Waals surface area contributed by atoms with E-state index in [1.807, 2.05) is 0 Å². The maximum atomic E-state index is 12.8. The van der Waals surface area contributed by atoms with Crippen LogP contribution in [0.1, 0.15) is 46.0 Å². The molecule has 0 spiro atoms. The summed E-state index contributed by atoms with van der Waals surface area (Å²) in [6, 6.07) is 5.03. The summed E-state index contributed by atoms with van der Waals surface area (Å²) in [4.78, 5) is 12.8. The average Bonchev–Trinajstić information content (AvgIpc) is 3.14. The number of ketones is 1. The predicted octanol–water partition coefficient (Wildman–Crippen LogP) is 3.09. The highest BCUT2D eigenvalue weighted by atomic mass is 79.9. The van der Waals surface area contributed by atoms with Crippen LogP contribution in [0.4, 0.5) is 0 Å². The van der Waals surface area contributed by atoms with E-state index in [2.05, 4.69) is 21.1 Å². The quantitative estimate of drug-likeness (QED) is 0.741. The Kier molecular flexibility index (Phi) is 3.94. The lowest BCUT2D eigenvalue weighted by Gasteiger charge is -2.08. The summed E-state index contributed by atoms with van der Waals surface area (Å²) in [6.07, 6.45) is 4.55. The minimum atomic E-state index is -3.24. The number of hydrogen-bond acceptors (Lipinski definition) is 5. The van der Waals surface area contributed by atoms with E-state index in [-0.39, 0.29) is 17.5 Å². The Bertz CT molecular complexity index is 837. The molecule has 3 rings (SSSR count). The van der Waals surface area contributed by atoms with E-state index in [4.69, 9.17) is 4.52 Å². The zero-order chi connectivity index (χ0) is 15.9. The van der Waals surface area contributed by atoms with Crippen LogP contribution >= 0.6 is 15.9 Å². The van der Waals surface area contributed by atoms with E-state index in [9.17, 15) is 13.2 Å². The van der Waals surface area contributed by atoms with Crippen LogP contribution in [0.3, 0.4) is 0 Å². The lowest BCUT2D eigenvalue weighted by Crippen LogP contribution is -2.10. The zero-order valence-corrected chi connectivity index (χ0v) is 14.3. The second kappa shape index (κ2) is 5.62. The van der Waals surface area contributed by atoms with Gasteiger partial charge in [0.05, 0.1) is 17.5 Å². The first-order chi connectivity index (χ1) is 10.3. The largest absolute Gasteiger partial charge is 0.360 e. The summed E-state index contributed by atoms with van der Waals surface area (Å²) in [5.41, 5.74) is 1.28. The van der Waals surface area contributed by atoms with Gasteiger partial charge in [-0.2, -0.15) is 0 Å². The molecule has 0 N–H and O–H groups in total. The molecule has 0 radical (unpaired) electrons. The van der Waals surface area contributed by atoms with Crippen LogP contribution < -0.4 is 0 Å². The van der Waals surface area contributed by atoms with Crippen molar-refractivity contribution in [3.8, 4) is 0 Å². The van der Waals surface area contributed by atoms with Gasteiger partial charge in [-0.3, -0.25) is 4.79 Å². The summed E-state index contributed by atoms with van der Waals surface area (Å²) in [6.45, 7) is 0. The topological polar surface area (TPSA) is 77.2 Å². The van der Waals surface area contributed by atoms with Gasteiger partial charge in [-0.25, -0.2) is 8.42 Å². The third kappa shape index (κ3) is 3.30. The van der Waals surface area contributed by atoms with Gasteiger partial charge in [0.15, 0.2) is 21.4 Å². The number of rotatable bonds is 5. The van der Waals surface area contributed by atoms with Crippen LogP contribution in [-0.2, 0) is 15.6 Å². The van der Waals surface area contributed by atoms with Crippen molar-refractivity contribution in [1.29, 1.82) is 0 Å². The van der Waals surface area contributed by atoms with Gasteiger partial charge in [0.25, 0.3) is 0 Å². The predicted molar refractivity (Wildman–Crippen MR) is 84.6 cm³/mol. The molecular weight excluding hydrogens is 370 g/mol. The maximum Gasteiger partial charge on any atom is 0.198 e. The van der Waals surface area contributed by atoms with Crippen LogP contribution in [-0.4, -0.2) is 25.6 Å². The summed E-state index contributed by atoms with van der Waals surface area (Å²) < 4.78 is 29.1. The minimum Gasteiger partial charge on any atom is -0.360 e. The van der Waals surface area contributed by atoms with E-state index < -0.39 is 9.84 Å². The highest BCUT2D eigenvalue weighted by molar-refractivity contribution is 9.10.